The number of hydrogen-bond donors (Lipinski definition) is 1. The zero-order chi connectivity index (χ0) is 25.0. The average Bonchev–Trinajstić information content (AvgIpc) is 2.71. The maximum atomic E-state index is 13.2. The molecule has 2 atom stereocenters. The molecule has 0 radical (unpaired) electrons. The van der Waals surface area contributed by atoms with Crippen LogP contribution in [0, 0.1) is 0 Å². The summed E-state index contributed by atoms with van der Waals surface area (Å²) in [5.74, 6) is 0. The summed E-state index contributed by atoms with van der Waals surface area (Å²) in [7, 11) is 0. The third-order valence-corrected chi connectivity index (χ3v) is 5.38. The lowest BCUT2D eigenvalue weighted by atomic mass is 9.96. The molecule has 2 aromatic rings. The quantitative estimate of drug-likeness (QED) is 0.147. The van der Waals surface area contributed by atoms with Gasteiger partial charge in [0.25, 0.3) is 0 Å². The van der Waals surface area contributed by atoms with Gasteiger partial charge in [0, 0.05) is 17.5 Å². The number of rotatable bonds is 8. The molecule has 0 aliphatic rings. The monoisotopic (exact) mass is 600 g/mol. The van der Waals surface area contributed by atoms with Crippen molar-refractivity contribution in [3.63, 3.8) is 0 Å². The minimum Gasteiger partial charge on any atom is -0.388 e. The molecule has 0 aliphatic heterocycles. The number of aliphatic hydroxyl groups is 1. The van der Waals surface area contributed by atoms with Gasteiger partial charge in [-0.05, 0) is 41.3 Å². The first-order valence-corrected chi connectivity index (χ1v) is 11.0. The summed E-state index contributed by atoms with van der Waals surface area (Å²) in [6.45, 7) is -0.157. The lowest BCUT2D eigenvalue weighted by molar-refractivity contribution is -0.227. The Kier molecular flexibility index (Phi) is 9.07. The molecule has 0 saturated carbocycles. The Morgan fingerprint density at radius 3 is 1.73 bits per heavy atom. The number of halogens is 10. The number of ether oxygens (including phenoxy) is 1. The lowest BCUT2D eigenvalue weighted by Crippen LogP contribution is -2.33. The topological polar surface area (TPSA) is 29.5 Å². The van der Waals surface area contributed by atoms with Crippen molar-refractivity contribution in [3.8, 4) is 11.1 Å². The summed E-state index contributed by atoms with van der Waals surface area (Å²) in [6, 6.07) is 5.64. The SMILES string of the molecule is OC(CC(OCCCI)C(F)(F)F)c1ccc(-c2cc(C(F)(F)F)cc(C(F)(F)F)c2)cc1. The first-order valence-electron chi connectivity index (χ1n) is 9.45. The van der Waals surface area contributed by atoms with Gasteiger partial charge in [0.05, 0.1) is 17.2 Å². The Bertz CT molecular complexity index is 874. The zero-order valence-electron chi connectivity index (χ0n) is 16.7. The second-order valence-electron chi connectivity index (χ2n) is 7.11. The number of alkyl halides is 10. The van der Waals surface area contributed by atoms with Crippen LogP contribution < -0.4 is 0 Å². The molecule has 2 unspecified atom stereocenters. The third kappa shape index (κ3) is 8.02. The first-order chi connectivity index (χ1) is 15.1. The molecular weight excluding hydrogens is 582 g/mol. The Hall–Kier alpha value is -1.54. The lowest BCUT2D eigenvalue weighted by Gasteiger charge is -2.23. The van der Waals surface area contributed by atoms with Gasteiger partial charge in [0.2, 0.25) is 0 Å². The van der Waals surface area contributed by atoms with E-state index >= 15 is 0 Å². The van der Waals surface area contributed by atoms with Gasteiger partial charge in [-0.25, -0.2) is 0 Å². The van der Waals surface area contributed by atoms with Crippen LogP contribution in [0.1, 0.15) is 35.6 Å². The van der Waals surface area contributed by atoms with Gasteiger partial charge in [-0.1, -0.05) is 46.9 Å². The molecule has 33 heavy (non-hydrogen) atoms. The fourth-order valence-corrected chi connectivity index (χ4v) is 3.25. The van der Waals surface area contributed by atoms with Crippen molar-refractivity contribution >= 4 is 22.6 Å². The van der Waals surface area contributed by atoms with Crippen molar-refractivity contribution in [2.45, 2.75) is 43.6 Å². The van der Waals surface area contributed by atoms with E-state index in [1.54, 1.807) is 0 Å². The molecule has 184 valence electrons. The van der Waals surface area contributed by atoms with Gasteiger partial charge in [-0.15, -0.1) is 0 Å². The second-order valence-corrected chi connectivity index (χ2v) is 8.19. The van der Waals surface area contributed by atoms with Crippen molar-refractivity contribution in [1.29, 1.82) is 0 Å². The molecule has 2 aromatic carbocycles. The molecule has 0 aliphatic carbocycles. The predicted molar refractivity (Wildman–Crippen MR) is 111 cm³/mol. The van der Waals surface area contributed by atoms with Gasteiger partial charge in [-0.2, -0.15) is 39.5 Å². The van der Waals surface area contributed by atoms with Crippen LogP contribution in [0.15, 0.2) is 42.5 Å². The Morgan fingerprint density at radius 2 is 1.30 bits per heavy atom. The molecule has 0 bridgehead atoms. The van der Waals surface area contributed by atoms with Gasteiger partial charge in [-0.3, -0.25) is 0 Å². The van der Waals surface area contributed by atoms with E-state index in [0.717, 1.165) is 24.3 Å². The number of aliphatic hydroxyl groups excluding tert-OH is 1. The smallest absolute Gasteiger partial charge is 0.388 e. The Morgan fingerprint density at radius 1 is 0.788 bits per heavy atom. The molecule has 0 fully saturated rings. The molecule has 0 aromatic heterocycles. The normalized spacial score (nSPS) is 14.9. The van der Waals surface area contributed by atoms with Crippen LogP contribution in [-0.4, -0.2) is 28.4 Å². The van der Waals surface area contributed by atoms with Crippen LogP contribution in [0.25, 0.3) is 11.1 Å². The summed E-state index contributed by atoms with van der Waals surface area (Å²) in [6.07, 6.45) is -19.0. The molecule has 2 rings (SSSR count). The van der Waals surface area contributed by atoms with Crippen LogP contribution in [0.5, 0.6) is 0 Å². The highest BCUT2D eigenvalue weighted by Crippen LogP contribution is 2.39. The number of hydrogen-bond acceptors (Lipinski definition) is 2. The minimum absolute atomic E-state index is 0.00301. The van der Waals surface area contributed by atoms with Gasteiger partial charge in [0.1, 0.15) is 0 Å². The molecule has 2 nitrogen and oxygen atoms in total. The van der Waals surface area contributed by atoms with Crippen molar-refractivity contribution < 1.29 is 49.4 Å². The van der Waals surface area contributed by atoms with Crippen LogP contribution >= 0.6 is 22.6 Å². The third-order valence-electron chi connectivity index (χ3n) is 4.62. The van der Waals surface area contributed by atoms with Crippen molar-refractivity contribution in [3.05, 3.63) is 59.2 Å². The molecule has 1 N–H and O–H groups in total. The van der Waals surface area contributed by atoms with E-state index in [1.165, 1.54) is 0 Å². The van der Waals surface area contributed by atoms with Crippen LogP contribution in [0.2, 0.25) is 0 Å². The average molecular weight is 600 g/mol. The van der Waals surface area contributed by atoms with E-state index in [2.05, 4.69) is 0 Å². The van der Waals surface area contributed by atoms with E-state index in [4.69, 9.17) is 4.74 Å². The largest absolute Gasteiger partial charge is 0.416 e. The molecule has 0 saturated heterocycles. The van der Waals surface area contributed by atoms with Crippen molar-refractivity contribution in [1.82, 2.24) is 0 Å². The molecule has 0 heterocycles. The van der Waals surface area contributed by atoms with E-state index in [9.17, 15) is 44.6 Å². The highest BCUT2D eigenvalue weighted by molar-refractivity contribution is 14.1. The fourth-order valence-electron chi connectivity index (χ4n) is 2.93. The van der Waals surface area contributed by atoms with Crippen molar-refractivity contribution in [2.75, 3.05) is 11.0 Å². The summed E-state index contributed by atoms with van der Waals surface area (Å²) < 4.78 is 123. The maximum absolute atomic E-state index is 13.2. The second kappa shape index (κ2) is 10.8. The fraction of sp³-hybridized carbons (Fsp3) is 0.429. The number of benzene rings is 2. The van der Waals surface area contributed by atoms with Crippen LogP contribution in [-0.2, 0) is 17.1 Å². The standard InChI is InChI=1S/C21H18F9IO2/c22-19(23,24)15-8-14(9-16(10-15)20(25,26)27)12-2-4-13(5-3-12)17(32)11-18(21(28,29)30)33-7-1-6-31/h2-5,8-10,17-18,32H,1,6-7,11H2. The molecule has 0 amide bonds. The minimum atomic E-state index is -5.02. The summed E-state index contributed by atoms with van der Waals surface area (Å²) >= 11 is 1.97. The van der Waals surface area contributed by atoms with Crippen LogP contribution in [0.4, 0.5) is 39.5 Å². The zero-order valence-corrected chi connectivity index (χ0v) is 18.8. The highest BCUT2D eigenvalue weighted by atomic mass is 127. The van der Waals surface area contributed by atoms with E-state index in [0.29, 0.717) is 23.0 Å². The highest BCUT2D eigenvalue weighted by Gasteiger charge is 2.42. The summed E-state index contributed by atoms with van der Waals surface area (Å²) in [5, 5.41) is 10.2. The predicted octanol–water partition coefficient (Wildman–Crippen LogP) is 7.59. The van der Waals surface area contributed by atoms with Gasteiger partial charge in [0.15, 0.2) is 6.10 Å². The molecule has 12 heteroatoms. The summed E-state index contributed by atoms with van der Waals surface area (Å²) in [4.78, 5) is 0. The Labute approximate surface area is 196 Å². The van der Waals surface area contributed by atoms with E-state index in [1.807, 2.05) is 22.6 Å². The summed E-state index contributed by atoms with van der Waals surface area (Å²) in [5.41, 5.74) is -3.39. The van der Waals surface area contributed by atoms with E-state index in [-0.39, 0.29) is 29.4 Å². The van der Waals surface area contributed by atoms with E-state index < -0.39 is 48.3 Å². The maximum Gasteiger partial charge on any atom is 0.416 e. The Balaban J connectivity index is 2.29. The van der Waals surface area contributed by atoms with Gasteiger partial charge >= 0.3 is 18.5 Å². The van der Waals surface area contributed by atoms with Crippen molar-refractivity contribution in [2.24, 2.45) is 0 Å². The molecule has 0 spiro atoms. The van der Waals surface area contributed by atoms with Crippen LogP contribution in [0.3, 0.4) is 0 Å². The van der Waals surface area contributed by atoms with Gasteiger partial charge < -0.3 is 9.84 Å². The molecular formula is C21H18F9IO2. The first kappa shape index (κ1) is 27.7.